The van der Waals surface area contributed by atoms with Gasteiger partial charge in [-0.15, -0.1) is 5.10 Å². The zero-order valence-corrected chi connectivity index (χ0v) is 24.2. The number of aliphatic hydroxyl groups excluding tert-OH is 3. The van der Waals surface area contributed by atoms with Gasteiger partial charge >= 0.3 is 5.97 Å². The molecule has 0 bridgehead atoms. The summed E-state index contributed by atoms with van der Waals surface area (Å²) in [6.07, 6.45) is -3.51. The number of thioether (sulfide) groups is 1. The fourth-order valence-corrected chi connectivity index (χ4v) is 5.89. The molecule has 0 aliphatic heterocycles. The van der Waals surface area contributed by atoms with Gasteiger partial charge in [0.25, 0.3) is 0 Å². The number of ether oxygens (including phenoxy) is 2. The van der Waals surface area contributed by atoms with Crippen molar-refractivity contribution < 1.29 is 43.5 Å². The highest BCUT2D eigenvalue weighted by atomic mass is 32.2. The first-order chi connectivity index (χ1) is 20.7. The second kappa shape index (κ2) is 13.7. The third-order valence-electron chi connectivity index (χ3n) is 7.51. The number of carbonyl (C=O) groups is 1. The van der Waals surface area contributed by atoms with Crippen LogP contribution in [0.4, 0.5) is 14.6 Å². The molecule has 16 heteroatoms. The summed E-state index contributed by atoms with van der Waals surface area (Å²) in [5, 5.41) is 52.4. The van der Waals surface area contributed by atoms with E-state index in [4.69, 9.17) is 14.6 Å². The minimum atomic E-state index is -1.40. The van der Waals surface area contributed by atoms with Crippen LogP contribution in [0.1, 0.15) is 50.1 Å². The summed E-state index contributed by atoms with van der Waals surface area (Å²) in [7, 11) is 0. The number of aromatic nitrogens is 5. The normalized spacial score (nSPS) is 25.7. The van der Waals surface area contributed by atoms with Gasteiger partial charge in [0.05, 0.1) is 25.4 Å². The Kier molecular flexibility index (Phi) is 10.0. The Labute approximate surface area is 249 Å². The summed E-state index contributed by atoms with van der Waals surface area (Å²) >= 11 is 1.43. The Balaban J connectivity index is 1.36. The van der Waals surface area contributed by atoms with Gasteiger partial charge in [-0.05, 0) is 30.5 Å². The summed E-state index contributed by atoms with van der Waals surface area (Å²) in [5.74, 6) is -1.96. The third-order valence-corrected chi connectivity index (χ3v) is 8.56. The average Bonchev–Trinajstić information content (AvgIpc) is 3.53. The lowest BCUT2D eigenvalue weighted by Gasteiger charge is -2.21. The molecule has 0 radical (unpaired) electrons. The Hall–Kier alpha value is -3.02. The number of nitrogens with one attached hydrogen (secondary N) is 1. The predicted molar refractivity (Wildman–Crippen MR) is 150 cm³/mol. The smallest absolute Gasteiger partial charge is 0.332 e. The molecule has 0 spiro atoms. The van der Waals surface area contributed by atoms with Crippen LogP contribution in [-0.4, -0.2) is 107 Å². The van der Waals surface area contributed by atoms with E-state index >= 15 is 0 Å². The van der Waals surface area contributed by atoms with Crippen LogP contribution >= 0.6 is 11.8 Å². The Morgan fingerprint density at radius 2 is 2.00 bits per heavy atom. The predicted octanol–water partition coefficient (Wildman–Crippen LogP) is 1.87. The molecule has 2 saturated carbocycles. The Morgan fingerprint density at radius 3 is 2.72 bits per heavy atom. The molecule has 5 N–H and O–H groups in total. The maximum absolute atomic E-state index is 13.8. The minimum Gasteiger partial charge on any atom is -0.479 e. The summed E-state index contributed by atoms with van der Waals surface area (Å²) in [5.41, 5.74) is 1.30. The van der Waals surface area contributed by atoms with Gasteiger partial charge in [0.1, 0.15) is 12.2 Å². The summed E-state index contributed by atoms with van der Waals surface area (Å²) in [6.45, 7) is 1.91. The van der Waals surface area contributed by atoms with E-state index in [1.54, 1.807) is 6.07 Å². The van der Waals surface area contributed by atoms with Gasteiger partial charge < -0.3 is 35.2 Å². The van der Waals surface area contributed by atoms with Crippen LogP contribution in [0.5, 0.6) is 0 Å². The van der Waals surface area contributed by atoms with E-state index in [1.807, 2.05) is 6.92 Å². The number of halogens is 2. The summed E-state index contributed by atoms with van der Waals surface area (Å²) in [6, 6.07) is 2.92. The van der Waals surface area contributed by atoms with E-state index in [0.29, 0.717) is 34.1 Å². The molecule has 0 amide bonds. The molecule has 7 atom stereocenters. The number of nitrogens with zero attached hydrogens (tertiary/aromatic N) is 5. The Bertz CT molecular complexity index is 1430. The van der Waals surface area contributed by atoms with Gasteiger partial charge in [-0.2, -0.15) is 0 Å². The van der Waals surface area contributed by atoms with Crippen molar-refractivity contribution in [2.24, 2.45) is 0 Å². The van der Waals surface area contributed by atoms with Crippen LogP contribution in [0.15, 0.2) is 23.4 Å². The second-order valence-corrected chi connectivity index (χ2v) is 11.6. The number of anilines is 1. The standard InChI is InChI=1S/C27H34F2N6O7S/c1-2-9-43-27-31-24(30-17-11-14(17)13-3-4-15(28)16(29)10-13)21-25(32-27)35(34-33-21)18-12-20(23(38)22(18)37)42-19(26(39)40)5-7-41-8-6-36/h3-4,10,14,17-20,22-23,36-38H,2,5-9,11-12H2,1H3,(H,39,40)(H,30,31,32)/t14-,17-,18+,19?,20+,22+,23-/m1/s1. The van der Waals surface area contributed by atoms with Crippen LogP contribution < -0.4 is 5.32 Å². The molecule has 2 heterocycles. The first-order valence-electron chi connectivity index (χ1n) is 14.1. The van der Waals surface area contributed by atoms with E-state index in [1.165, 1.54) is 22.5 Å². The molecular weight excluding hydrogens is 590 g/mol. The van der Waals surface area contributed by atoms with Crippen molar-refractivity contribution in [1.82, 2.24) is 25.0 Å². The zero-order valence-electron chi connectivity index (χ0n) is 23.3. The first-order valence-corrected chi connectivity index (χ1v) is 15.1. The monoisotopic (exact) mass is 624 g/mol. The summed E-state index contributed by atoms with van der Waals surface area (Å²) in [4.78, 5) is 21.0. The van der Waals surface area contributed by atoms with E-state index in [9.17, 15) is 28.9 Å². The molecule has 1 unspecified atom stereocenters. The topological polar surface area (TPSA) is 185 Å². The number of benzene rings is 1. The lowest BCUT2D eigenvalue weighted by Crippen LogP contribution is -2.37. The molecule has 3 aromatic rings. The maximum atomic E-state index is 13.8. The molecule has 2 aliphatic carbocycles. The number of aliphatic carboxylic acids is 1. The molecule has 234 valence electrons. The fourth-order valence-electron chi connectivity index (χ4n) is 5.20. The van der Waals surface area contributed by atoms with Crippen molar-refractivity contribution in [1.29, 1.82) is 0 Å². The maximum Gasteiger partial charge on any atom is 0.332 e. The number of rotatable bonds is 15. The first kappa shape index (κ1) is 31.4. The molecule has 43 heavy (non-hydrogen) atoms. The van der Waals surface area contributed by atoms with E-state index in [-0.39, 0.29) is 44.6 Å². The quantitative estimate of drug-likeness (QED) is 0.0939. The number of aliphatic hydroxyl groups is 3. The van der Waals surface area contributed by atoms with Gasteiger partial charge in [-0.1, -0.05) is 30.0 Å². The zero-order chi connectivity index (χ0) is 30.7. The van der Waals surface area contributed by atoms with Crippen molar-refractivity contribution in [3.05, 3.63) is 35.4 Å². The highest BCUT2D eigenvalue weighted by Crippen LogP contribution is 2.44. The molecule has 2 aromatic heterocycles. The number of hydrogen-bond acceptors (Lipinski definition) is 12. The SMILES string of the molecule is CCCSc1nc(N[C@@H]2C[C@@H]2c2ccc(F)c(F)c2)c2nnn([C@H]3C[C@H](OC(CCOCCO)C(=O)O)[C@@H](O)[C@H]3O)c2n1. The van der Waals surface area contributed by atoms with Gasteiger partial charge in [-0.3, -0.25) is 0 Å². The van der Waals surface area contributed by atoms with Gasteiger partial charge in [0, 0.05) is 37.2 Å². The van der Waals surface area contributed by atoms with Crippen LogP contribution in [-0.2, 0) is 14.3 Å². The van der Waals surface area contributed by atoms with Crippen molar-refractivity contribution in [2.45, 2.75) is 80.2 Å². The number of hydrogen-bond donors (Lipinski definition) is 5. The van der Waals surface area contributed by atoms with Gasteiger partial charge in [-0.25, -0.2) is 28.2 Å². The van der Waals surface area contributed by atoms with Crippen molar-refractivity contribution in [3.63, 3.8) is 0 Å². The molecule has 13 nitrogen and oxygen atoms in total. The van der Waals surface area contributed by atoms with Crippen molar-refractivity contribution in [3.8, 4) is 0 Å². The van der Waals surface area contributed by atoms with Crippen LogP contribution in [0, 0.1) is 11.6 Å². The summed E-state index contributed by atoms with van der Waals surface area (Å²) < 4.78 is 39.5. The number of carboxylic acids is 1. The highest BCUT2D eigenvalue weighted by Gasteiger charge is 2.46. The Morgan fingerprint density at radius 1 is 1.19 bits per heavy atom. The molecule has 1 aromatic carbocycles. The van der Waals surface area contributed by atoms with E-state index < -0.39 is 48.1 Å². The second-order valence-electron chi connectivity index (χ2n) is 10.6. The van der Waals surface area contributed by atoms with E-state index in [0.717, 1.165) is 18.2 Å². The van der Waals surface area contributed by atoms with Crippen LogP contribution in [0.2, 0.25) is 0 Å². The lowest BCUT2D eigenvalue weighted by atomic mass is 10.1. The molecule has 2 aliphatic rings. The van der Waals surface area contributed by atoms with Crippen molar-refractivity contribution >= 4 is 34.7 Å². The van der Waals surface area contributed by atoms with E-state index in [2.05, 4.69) is 25.6 Å². The molecule has 0 saturated heterocycles. The third kappa shape index (κ3) is 7.05. The van der Waals surface area contributed by atoms with Crippen molar-refractivity contribution in [2.75, 3.05) is 30.9 Å². The molecule has 2 fully saturated rings. The molecular formula is C27H34F2N6O7S. The van der Waals surface area contributed by atoms with Crippen LogP contribution in [0.3, 0.4) is 0 Å². The fraction of sp³-hybridized carbons (Fsp3) is 0.593. The number of carboxylic acid groups (broad SMARTS) is 1. The molecule has 5 rings (SSSR count). The average molecular weight is 625 g/mol. The van der Waals surface area contributed by atoms with Crippen LogP contribution in [0.25, 0.3) is 11.2 Å². The van der Waals surface area contributed by atoms with Gasteiger partial charge in [0.2, 0.25) is 0 Å². The lowest BCUT2D eigenvalue weighted by molar-refractivity contribution is -0.161. The number of fused-ring (bicyclic) bond motifs is 1. The largest absolute Gasteiger partial charge is 0.479 e. The van der Waals surface area contributed by atoms with Gasteiger partial charge in [0.15, 0.2) is 39.9 Å². The minimum absolute atomic E-state index is 0.0153. The highest BCUT2D eigenvalue weighted by molar-refractivity contribution is 7.99.